The van der Waals surface area contributed by atoms with Crippen molar-refractivity contribution in [3.05, 3.63) is 65.7 Å². The number of amides is 4. The Hall–Kier alpha value is -5.22. The van der Waals surface area contributed by atoms with Crippen LogP contribution in [0.25, 0.3) is 33.5 Å². The van der Waals surface area contributed by atoms with Crippen LogP contribution in [-0.2, 0) is 29.1 Å². The van der Waals surface area contributed by atoms with Crippen LogP contribution in [0.1, 0.15) is 78.6 Å². The number of fused-ring (bicyclic) bond motifs is 5. The molecule has 0 unspecified atom stereocenters. The number of sulfonamides is 1. The van der Waals surface area contributed by atoms with Gasteiger partial charge in [-0.3, -0.25) is 19.1 Å². The maximum atomic E-state index is 14.7. The zero-order chi connectivity index (χ0) is 41.7. The SMILES string of the molecule is CC(C)(C)OC(=O)N[C@H]1CCCCC/C=C\[C@H]2C[C@@]2(C(=O)NS(=O)(=O)C2CC2)NC(=O)[C@@H]2C[C@@H](Oc3nc(-c4ccccc4)nc4c3oc3ccc(Cl)cc34)CN2C1=O. The van der Waals surface area contributed by atoms with Crippen molar-refractivity contribution in [3.63, 3.8) is 0 Å². The number of ether oxygens (including phenoxy) is 2. The van der Waals surface area contributed by atoms with Crippen LogP contribution in [0.5, 0.6) is 5.88 Å². The number of carbonyl (C=O) groups excluding carboxylic acids is 4. The van der Waals surface area contributed by atoms with E-state index in [0.29, 0.717) is 58.6 Å². The van der Waals surface area contributed by atoms with E-state index in [1.165, 1.54) is 4.90 Å². The molecule has 2 aliphatic carbocycles. The fourth-order valence-corrected chi connectivity index (χ4v) is 9.38. The molecule has 2 aromatic heterocycles. The standard InChI is InChI=1S/C42H47ClN6O9S/c1-41(2,3)58-40(53)44-30-15-11-6-4-5-10-14-25-22-42(25,39(52)48-59(54,55)28-17-18-28)47-36(50)31-21-27(23-49(31)38(30)51)56-37-34-33(29-20-26(43)16-19-32(29)57-34)45-35(46-37)24-12-8-7-9-13-24/h7-10,12-14,16,19-20,25,27-28,30-31H,4-6,11,15,17-18,21-23H2,1-3H3,(H,44,53)(H,47,50)(H,48,52)/b14-10-/t25-,27+,30-,31-,42+/m0/s1. The minimum Gasteiger partial charge on any atom is -0.470 e. The van der Waals surface area contributed by atoms with Crippen molar-refractivity contribution < 1.29 is 41.5 Å². The molecule has 4 aromatic rings. The molecule has 15 nitrogen and oxygen atoms in total. The second-order valence-corrected chi connectivity index (χ2v) is 19.2. The Morgan fingerprint density at radius 1 is 1.03 bits per heavy atom. The van der Waals surface area contributed by atoms with Crippen molar-refractivity contribution in [2.45, 2.75) is 113 Å². The number of rotatable bonds is 7. The first-order chi connectivity index (χ1) is 28.1. The smallest absolute Gasteiger partial charge is 0.408 e. The Kier molecular flexibility index (Phi) is 10.8. The van der Waals surface area contributed by atoms with E-state index in [9.17, 15) is 27.6 Å². The molecular formula is C42H47ClN6O9S. The molecule has 8 rings (SSSR count). The maximum absolute atomic E-state index is 14.7. The van der Waals surface area contributed by atoms with E-state index in [-0.39, 0.29) is 37.3 Å². The fourth-order valence-electron chi connectivity index (χ4n) is 7.84. The van der Waals surface area contributed by atoms with Gasteiger partial charge in [0.2, 0.25) is 27.4 Å². The summed E-state index contributed by atoms with van der Waals surface area (Å²) in [6, 6.07) is 12.2. The number of allylic oxidation sites excluding steroid dienone is 1. The van der Waals surface area contributed by atoms with E-state index in [1.807, 2.05) is 42.5 Å². The largest absolute Gasteiger partial charge is 0.470 e. The number of benzene rings is 2. The van der Waals surface area contributed by atoms with E-state index >= 15 is 0 Å². The maximum Gasteiger partial charge on any atom is 0.408 e. The van der Waals surface area contributed by atoms with Crippen molar-refractivity contribution in [1.29, 1.82) is 0 Å². The molecule has 2 saturated carbocycles. The second-order valence-electron chi connectivity index (χ2n) is 16.8. The number of halogens is 1. The molecule has 2 aromatic carbocycles. The van der Waals surface area contributed by atoms with Crippen LogP contribution < -0.4 is 20.1 Å². The average Bonchev–Trinajstić information content (AvgIpc) is 4.08. The van der Waals surface area contributed by atoms with Crippen molar-refractivity contribution in [3.8, 4) is 17.3 Å². The van der Waals surface area contributed by atoms with E-state index in [1.54, 1.807) is 39.0 Å². The first kappa shape index (κ1) is 40.6. The molecule has 3 N–H and O–H groups in total. The predicted octanol–water partition coefficient (Wildman–Crippen LogP) is 5.94. The number of hydrogen-bond donors (Lipinski definition) is 3. The number of aromatic nitrogens is 2. The topological polar surface area (TPSA) is 199 Å². The van der Waals surface area contributed by atoms with E-state index in [0.717, 1.165) is 12.8 Å². The van der Waals surface area contributed by atoms with Gasteiger partial charge >= 0.3 is 6.09 Å². The second kappa shape index (κ2) is 15.8. The summed E-state index contributed by atoms with van der Waals surface area (Å²) >= 11 is 6.38. The number of carbonyl (C=O) groups is 4. The summed E-state index contributed by atoms with van der Waals surface area (Å²) in [5.74, 6) is -2.04. The average molecular weight is 847 g/mol. The molecule has 5 atom stereocenters. The first-order valence-electron chi connectivity index (χ1n) is 20.1. The fraction of sp³-hybridized carbons (Fsp3) is 0.476. The van der Waals surface area contributed by atoms with E-state index in [4.69, 9.17) is 35.5 Å². The minimum atomic E-state index is -3.93. The number of nitrogens with one attached hydrogen (secondary N) is 3. The first-order valence-corrected chi connectivity index (χ1v) is 22.0. The van der Waals surface area contributed by atoms with Gasteiger partial charge in [0.25, 0.3) is 11.8 Å². The molecule has 1 saturated heterocycles. The van der Waals surface area contributed by atoms with Crippen LogP contribution in [0.3, 0.4) is 0 Å². The molecule has 2 aliphatic heterocycles. The molecule has 4 heterocycles. The molecule has 4 amide bonds. The Labute approximate surface area is 346 Å². The molecule has 0 radical (unpaired) electrons. The lowest BCUT2D eigenvalue weighted by atomic mass is 10.0. The number of furan rings is 1. The molecule has 59 heavy (non-hydrogen) atoms. The highest BCUT2D eigenvalue weighted by molar-refractivity contribution is 7.91. The van der Waals surface area contributed by atoms with Crippen molar-refractivity contribution in [2.75, 3.05) is 6.54 Å². The Balaban J connectivity index is 1.15. The summed E-state index contributed by atoms with van der Waals surface area (Å²) in [5, 5.41) is 6.10. The molecule has 0 bridgehead atoms. The van der Waals surface area contributed by atoms with Crippen molar-refractivity contribution in [1.82, 2.24) is 30.2 Å². The highest BCUT2D eigenvalue weighted by Crippen LogP contribution is 2.46. The highest BCUT2D eigenvalue weighted by Gasteiger charge is 2.62. The third-order valence-corrected chi connectivity index (χ3v) is 13.1. The monoisotopic (exact) mass is 846 g/mol. The molecule has 0 spiro atoms. The number of nitrogens with zero attached hydrogens (tertiary/aromatic N) is 3. The molecular weight excluding hydrogens is 800 g/mol. The summed E-state index contributed by atoms with van der Waals surface area (Å²) in [5.41, 5.74) is -0.473. The summed E-state index contributed by atoms with van der Waals surface area (Å²) in [6.45, 7) is 5.06. The Morgan fingerprint density at radius 3 is 2.56 bits per heavy atom. The predicted molar refractivity (Wildman–Crippen MR) is 219 cm³/mol. The third kappa shape index (κ3) is 8.74. The molecule has 4 aliphatic rings. The van der Waals surface area contributed by atoms with Crippen molar-refractivity contribution >= 4 is 67.5 Å². The normalized spacial score (nSPS) is 25.9. The van der Waals surface area contributed by atoms with Gasteiger partial charge in [0.05, 0.1) is 11.8 Å². The van der Waals surface area contributed by atoms with Gasteiger partial charge in [-0.25, -0.2) is 18.2 Å². The Bertz CT molecular complexity index is 2450. The van der Waals surface area contributed by atoms with Crippen LogP contribution >= 0.6 is 11.6 Å². The van der Waals surface area contributed by atoms with Gasteiger partial charge in [0.15, 0.2) is 5.82 Å². The van der Waals surface area contributed by atoms with E-state index in [2.05, 4.69) is 15.4 Å². The number of hydrogen-bond acceptors (Lipinski definition) is 11. The lowest BCUT2D eigenvalue weighted by Gasteiger charge is -2.30. The summed E-state index contributed by atoms with van der Waals surface area (Å²) < 4.78 is 46.4. The lowest BCUT2D eigenvalue weighted by Crippen LogP contribution is -2.58. The van der Waals surface area contributed by atoms with Crippen molar-refractivity contribution in [2.24, 2.45) is 5.92 Å². The quantitative estimate of drug-likeness (QED) is 0.186. The minimum absolute atomic E-state index is 0.0342. The van der Waals surface area contributed by atoms with Crippen LogP contribution in [0.4, 0.5) is 4.79 Å². The van der Waals surface area contributed by atoms with Crippen LogP contribution in [0.15, 0.2) is 65.1 Å². The van der Waals surface area contributed by atoms with Gasteiger partial charge in [0.1, 0.15) is 40.4 Å². The summed E-state index contributed by atoms with van der Waals surface area (Å²) in [4.78, 5) is 67.1. The van der Waals surface area contributed by atoms with Gasteiger partial charge in [-0.15, -0.1) is 0 Å². The Morgan fingerprint density at radius 2 is 1.81 bits per heavy atom. The van der Waals surface area contributed by atoms with Gasteiger partial charge in [-0.1, -0.05) is 66.9 Å². The van der Waals surface area contributed by atoms with Gasteiger partial charge in [-0.2, -0.15) is 4.98 Å². The number of alkyl carbamates (subject to hydrolysis) is 1. The van der Waals surface area contributed by atoms with Gasteiger partial charge in [0, 0.05) is 28.3 Å². The highest BCUT2D eigenvalue weighted by atomic mass is 35.5. The lowest BCUT2D eigenvalue weighted by molar-refractivity contribution is -0.141. The van der Waals surface area contributed by atoms with E-state index < -0.39 is 74.3 Å². The molecule has 3 fully saturated rings. The summed E-state index contributed by atoms with van der Waals surface area (Å²) in [7, 11) is -3.93. The van der Waals surface area contributed by atoms with Gasteiger partial charge < -0.3 is 29.4 Å². The summed E-state index contributed by atoms with van der Waals surface area (Å²) in [6.07, 6.45) is 6.30. The van der Waals surface area contributed by atoms with Gasteiger partial charge in [-0.05, 0) is 77.5 Å². The molecule has 17 heteroatoms. The zero-order valence-electron chi connectivity index (χ0n) is 33.0. The van der Waals surface area contributed by atoms with Crippen LogP contribution in [-0.4, -0.2) is 88.2 Å². The third-order valence-electron chi connectivity index (χ3n) is 11.1. The molecule has 312 valence electrons. The zero-order valence-corrected chi connectivity index (χ0v) is 34.6. The van der Waals surface area contributed by atoms with Crippen LogP contribution in [0, 0.1) is 5.92 Å². The van der Waals surface area contributed by atoms with Crippen LogP contribution in [0.2, 0.25) is 5.02 Å².